The van der Waals surface area contributed by atoms with Crippen molar-refractivity contribution in [3.63, 3.8) is 0 Å². The van der Waals surface area contributed by atoms with E-state index in [0.717, 1.165) is 61.9 Å². The molecule has 2 heterocycles. The lowest BCUT2D eigenvalue weighted by molar-refractivity contribution is 0.0102. The van der Waals surface area contributed by atoms with Crippen molar-refractivity contribution >= 4 is 15.7 Å². The molecule has 0 radical (unpaired) electrons. The van der Waals surface area contributed by atoms with Gasteiger partial charge in [-0.3, -0.25) is 4.98 Å². The van der Waals surface area contributed by atoms with Gasteiger partial charge in [-0.15, -0.1) is 0 Å². The van der Waals surface area contributed by atoms with Crippen LogP contribution in [0.4, 0.5) is 5.69 Å². The lowest BCUT2D eigenvalue weighted by Crippen LogP contribution is -2.57. The Morgan fingerprint density at radius 3 is 2.32 bits per heavy atom. The second-order valence-electron chi connectivity index (χ2n) is 10.4. The summed E-state index contributed by atoms with van der Waals surface area (Å²) < 4.78 is 33.9. The lowest BCUT2D eigenvalue weighted by atomic mass is 9.83. The molecule has 2 aromatic carbocycles. The molecular formula is C30H37N3O3S. The molecule has 1 aliphatic heterocycles. The number of pyridine rings is 1. The van der Waals surface area contributed by atoms with Crippen LogP contribution in [-0.2, 0) is 14.8 Å². The van der Waals surface area contributed by atoms with Crippen LogP contribution in [0.25, 0.3) is 11.1 Å². The standard InChI is InChI=1S/C30H37N3O3S/c1-37(34,35)32-29-13-8-18-33(27-19-26(20-31-21-27)24-11-6-3-7-12-24)30(29)22-36-28-16-14-25(15-17-28)23-9-4-2-5-10-23/h2-7,9-12,19-21,25,28-30,32H,8,13-18,22H2,1H3. The first kappa shape index (κ1) is 25.9. The first-order valence-electron chi connectivity index (χ1n) is 13.4. The quantitative estimate of drug-likeness (QED) is 0.433. The molecule has 5 rings (SSSR count). The highest BCUT2D eigenvalue weighted by Crippen LogP contribution is 2.35. The summed E-state index contributed by atoms with van der Waals surface area (Å²) in [4.78, 5) is 6.83. The highest BCUT2D eigenvalue weighted by molar-refractivity contribution is 7.88. The van der Waals surface area contributed by atoms with Gasteiger partial charge in [-0.1, -0.05) is 60.7 Å². The van der Waals surface area contributed by atoms with Crippen molar-refractivity contribution in [2.45, 2.75) is 62.6 Å². The minimum absolute atomic E-state index is 0.0943. The summed E-state index contributed by atoms with van der Waals surface area (Å²) in [5, 5.41) is 0. The van der Waals surface area contributed by atoms with Crippen molar-refractivity contribution in [2.75, 3.05) is 24.3 Å². The smallest absolute Gasteiger partial charge is 0.209 e. The van der Waals surface area contributed by atoms with E-state index < -0.39 is 10.0 Å². The van der Waals surface area contributed by atoms with Crippen molar-refractivity contribution in [1.82, 2.24) is 9.71 Å². The predicted octanol–water partition coefficient (Wildman–Crippen LogP) is 5.38. The highest BCUT2D eigenvalue weighted by atomic mass is 32.2. The molecule has 2 aliphatic rings. The molecule has 0 amide bonds. The first-order valence-corrected chi connectivity index (χ1v) is 15.3. The van der Waals surface area contributed by atoms with Crippen molar-refractivity contribution < 1.29 is 13.2 Å². The van der Waals surface area contributed by atoms with Crippen molar-refractivity contribution in [2.24, 2.45) is 0 Å². The van der Waals surface area contributed by atoms with Gasteiger partial charge in [0.25, 0.3) is 0 Å². The molecule has 196 valence electrons. The second kappa shape index (κ2) is 11.8. The number of piperidine rings is 1. The summed E-state index contributed by atoms with van der Waals surface area (Å²) in [7, 11) is -3.34. The van der Waals surface area contributed by atoms with Crippen molar-refractivity contribution in [1.29, 1.82) is 0 Å². The van der Waals surface area contributed by atoms with Crippen molar-refractivity contribution in [3.05, 3.63) is 84.7 Å². The van der Waals surface area contributed by atoms with E-state index in [1.165, 1.54) is 11.8 Å². The number of rotatable bonds is 8. The van der Waals surface area contributed by atoms with Gasteiger partial charge in [0, 0.05) is 24.3 Å². The Balaban J connectivity index is 1.31. The number of anilines is 1. The molecule has 0 bridgehead atoms. The molecule has 1 aromatic heterocycles. The number of benzene rings is 2. The van der Waals surface area contributed by atoms with Gasteiger partial charge in [-0.2, -0.15) is 0 Å². The summed E-state index contributed by atoms with van der Waals surface area (Å²) in [6.45, 7) is 1.33. The molecule has 37 heavy (non-hydrogen) atoms. The van der Waals surface area contributed by atoms with E-state index in [4.69, 9.17) is 4.74 Å². The molecule has 2 unspecified atom stereocenters. The maximum absolute atomic E-state index is 12.2. The minimum atomic E-state index is -3.34. The molecule has 0 spiro atoms. The third-order valence-electron chi connectivity index (χ3n) is 7.75. The number of ether oxygens (including phenoxy) is 1. The molecule has 1 N–H and O–H groups in total. The monoisotopic (exact) mass is 519 g/mol. The van der Waals surface area contributed by atoms with Gasteiger partial charge < -0.3 is 9.64 Å². The van der Waals surface area contributed by atoms with Crippen LogP contribution in [0.5, 0.6) is 0 Å². The van der Waals surface area contributed by atoms with Crippen LogP contribution in [-0.4, -0.2) is 51.0 Å². The summed E-state index contributed by atoms with van der Waals surface area (Å²) in [5.74, 6) is 0.596. The number of aromatic nitrogens is 1. The van der Waals surface area contributed by atoms with E-state index in [9.17, 15) is 8.42 Å². The number of nitrogens with one attached hydrogen (secondary N) is 1. The van der Waals surface area contributed by atoms with Gasteiger partial charge >= 0.3 is 0 Å². The summed E-state index contributed by atoms with van der Waals surface area (Å²) in [6, 6.07) is 22.8. The van der Waals surface area contributed by atoms with Crippen LogP contribution in [0.3, 0.4) is 0 Å². The van der Waals surface area contributed by atoms with Crippen molar-refractivity contribution in [3.8, 4) is 11.1 Å². The zero-order chi connectivity index (χ0) is 25.7. The second-order valence-corrected chi connectivity index (χ2v) is 12.2. The maximum Gasteiger partial charge on any atom is 0.209 e. The third-order valence-corrected chi connectivity index (χ3v) is 8.49. The van der Waals surface area contributed by atoms with E-state index in [-0.39, 0.29) is 18.2 Å². The van der Waals surface area contributed by atoms with Gasteiger partial charge in [-0.25, -0.2) is 13.1 Å². The summed E-state index contributed by atoms with van der Waals surface area (Å²) in [5.41, 5.74) is 4.59. The van der Waals surface area contributed by atoms with E-state index >= 15 is 0 Å². The van der Waals surface area contributed by atoms with E-state index in [1.807, 2.05) is 30.6 Å². The zero-order valence-electron chi connectivity index (χ0n) is 21.5. The Hall–Kier alpha value is -2.74. The SMILES string of the molecule is CS(=O)(=O)NC1CCCN(c2cncc(-c3ccccc3)c2)C1COC1CCC(c2ccccc2)CC1. The number of hydrogen-bond acceptors (Lipinski definition) is 5. The first-order chi connectivity index (χ1) is 18.0. The van der Waals surface area contributed by atoms with Gasteiger partial charge in [0.1, 0.15) is 0 Å². The molecule has 2 atom stereocenters. The van der Waals surface area contributed by atoms with Crippen LogP contribution in [0.2, 0.25) is 0 Å². The van der Waals surface area contributed by atoms with E-state index in [2.05, 4.69) is 63.1 Å². The highest BCUT2D eigenvalue weighted by Gasteiger charge is 2.35. The van der Waals surface area contributed by atoms with Crippen LogP contribution >= 0.6 is 0 Å². The third kappa shape index (κ3) is 6.78. The fourth-order valence-electron chi connectivity index (χ4n) is 5.89. The lowest BCUT2D eigenvalue weighted by Gasteiger charge is -2.43. The zero-order valence-corrected chi connectivity index (χ0v) is 22.3. The Morgan fingerprint density at radius 2 is 1.62 bits per heavy atom. The average Bonchev–Trinajstić information content (AvgIpc) is 2.93. The fraction of sp³-hybridized carbons (Fsp3) is 0.433. The Morgan fingerprint density at radius 1 is 0.919 bits per heavy atom. The topological polar surface area (TPSA) is 71.5 Å². The Kier molecular flexibility index (Phi) is 8.23. The molecule has 7 heteroatoms. The van der Waals surface area contributed by atoms with Crippen LogP contribution in [0.15, 0.2) is 79.1 Å². The molecular weight excluding hydrogens is 482 g/mol. The Labute approximate surface area is 221 Å². The molecule has 1 saturated carbocycles. The number of hydrogen-bond donors (Lipinski definition) is 1. The van der Waals surface area contributed by atoms with Gasteiger partial charge in [0.15, 0.2) is 0 Å². The Bertz CT molecular complexity index is 1250. The molecule has 3 aromatic rings. The minimum Gasteiger partial charge on any atom is -0.376 e. The predicted molar refractivity (Wildman–Crippen MR) is 149 cm³/mol. The normalized spacial score (nSPS) is 24.6. The van der Waals surface area contributed by atoms with Crippen LogP contribution < -0.4 is 9.62 Å². The van der Waals surface area contributed by atoms with Gasteiger partial charge in [-0.05, 0) is 61.6 Å². The molecule has 2 fully saturated rings. The summed E-state index contributed by atoms with van der Waals surface area (Å²) >= 11 is 0. The number of sulfonamides is 1. The van der Waals surface area contributed by atoms with Gasteiger partial charge in [0.05, 0.1) is 36.9 Å². The molecule has 1 saturated heterocycles. The maximum atomic E-state index is 12.2. The largest absolute Gasteiger partial charge is 0.376 e. The molecule has 1 aliphatic carbocycles. The van der Waals surface area contributed by atoms with E-state index in [1.54, 1.807) is 0 Å². The number of nitrogens with zero attached hydrogens (tertiary/aromatic N) is 2. The van der Waals surface area contributed by atoms with Crippen LogP contribution in [0.1, 0.15) is 50.0 Å². The van der Waals surface area contributed by atoms with E-state index in [0.29, 0.717) is 12.5 Å². The van der Waals surface area contributed by atoms with Gasteiger partial charge in [0.2, 0.25) is 10.0 Å². The summed E-state index contributed by atoms with van der Waals surface area (Å²) in [6.07, 6.45) is 11.2. The molecule has 6 nitrogen and oxygen atoms in total. The average molecular weight is 520 g/mol. The fourth-order valence-corrected chi connectivity index (χ4v) is 6.72. The van der Waals surface area contributed by atoms with Crippen LogP contribution in [0, 0.1) is 0 Å².